The van der Waals surface area contributed by atoms with E-state index in [-0.39, 0.29) is 0 Å². The molecule has 0 unspecified atom stereocenters. The molecule has 0 aromatic heterocycles. The molecule has 1 aromatic rings. The lowest BCUT2D eigenvalue weighted by atomic mass is 9.53. The Morgan fingerprint density at radius 1 is 0.941 bits per heavy atom. The lowest BCUT2D eigenvalue weighted by Crippen LogP contribution is -2.51. The standard InChI is InChI=1S/C16H18O/c1-2-4-12(5-3-1)17-16-10-11-6-7-15(16)14-9-8-13(11)14/h1-5,8-9,11,13-16H,6-7,10H2/t11-,13-,14+,15-,16-/m1/s1. The second-order valence-corrected chi connectivity index (χ2v) is 5.75. The molecule has 0 saturated heterocycles. The van der Waals surface area contributed by atoms with E-state index in [1.807, 2.05) is 6.07 Å². The normalized spacial score (nSPS) is 41.8. The second-order valence-electron chi connectivity index (χ2n) is 5.75. The lowest BCUT2D eigenvalue weighted by Gasteiger charge is -2.54. The molecule has 1 aromatic carbocycles. The van der Waals surface area contributed by atoms with Crippen LogP contribution in [-0.2, 0) is 0 Å². The molecule has 0 heterocycles. The molecule has 0 radical (unpaired) electrons. The molecule has 5 rings (SSSR count). The van der Waals surface area contributed by atoms with E-state index < -0.39 is 0 Å². The molecule has 4 aliphatic rings. The summed E-state index contributed by atoms with van der Waals surface area (Å²) in [5, 5.41) is 0. The van der Waals surface area contributed by atoms with Gasteiger partial charge in [-0.05, 0) is 49.1 Å². The summed E-state index contributed by atoms with van der Waals surface area (Å²) >= 11 is 0. The van der Waals surface area contributed by atoms with Gasteiger partial charge in [-0.15, -0.1) is 0 Å². The minimum atomic E-state index is 0.461. The van der Waals surface area contributed by atoms with Gasteiger partial charge in [0, 0.05) is 5.92 Å². The summed E-state index contributed by atoms with van der Waals surface area (Å²) in [6.07, 6.45) is 9.37. The highest BCUT2D eigenvalue weighted by Gasteiger charge is 2.50. The minimum Gasteiger partial charge on any atom is -0.490 e. The number of hydrogen-bond acceptors (Lipinski definition) is 1. The van der Waals surface area contributed by atoms with Gasteiger partial charge in [-0.2, -0.15) is 0 Å². The Balaban J connectivity index is 1.55. The van der Waals surface area contributed by atoms with Crippen LogP contribution in [0.25, 0.3) is 0 Å². The Labute approximate surface area is 102 Å². The fourth-order valence-corrected chi connectivity index (χ4v) is 4.05. The highest BCUT2D eigenvalue weighted by molar-refractivity contribution is 5.23. The predicted molar refractivity (Wildman–Crippen MR) is 67.8 cm³/mol. The molecule has 0 spiro atoms. The van der Waals surface area contributed by atoms with Crippen LogP contribution in [0.15, 0.2) is 42.5 Å². The largest absolute Gasteiger partial charge is 0.490 e. The van der Waals surface area contributed by atoms with Crippen molar-refractivity contribution in [2.24, 2.45) is 23.7 Å². The topological polar surface area (TPSA) is 9.23 Å². The van der Waals surface area contributed by atoms with Crippen LogP contribution >= 0.6 is 0 Å². The van der Waals surface area contributed by atoms with E-state index in [0.29, 0.717) is 6.10 Å². The first kappa shape index (κ1) is 9.76. The first-order chi connectivity index (χ1) is 8.42. The summed E-state index contributed by atoms with van der Waals surface area (Å²) in [6, 6.07) is 10.3. The van der Waals surface area contributed by atoms with E-state index in [9.17, 15) is 0 Å². The van der Waals surface area contributed by atoms with Crippen LogP contribution in [0, 0.1) is 23.7 Å². The van der Waals surface area contributed by atoms with Gasteiger partial charge in [-0.1, -0.05) is 30.4 Å². The Morgan fingerprint density at radius 2 is 1.76 bits per heavy atom. The van der Waals surface area contributed by atoms with E-state index in [2.05, 4.69) is 36.4 Å². The van der Waals surface area contributed by atoms with Crippen LogP contribution in [0.5, 0.6) is 5.75 Å². The summed E-state index contributed by atoms with van der Waals surface area (Å²) in [6.45, 7) is 0. The number of para-hydroxylation sites is 1. The lowest BCUT2D eigenvalue weighted by molar-refractivity contribution is -0.0426. The van der Waals surface area contributed by atoms with Gasteiger partial charge in [-0.25, -0.2) is 0 Å². The quantitative estimate of drug-likeness (QED) is 0.699. The van der Waals surface area contributed by atoms with Crippen LogP contribution in [0.1, 0.15) is 19.3 Å². The maximum absolute atomic E-state index is 6.21. The Kier molecular flexibility index (Phi) is 2.08. The van der Waals surface area contributed by atoms with Crippen molar-refractivity contribution < 1.29 is 4.74 Å². The van der Waals surface area contributed by atoms with E-state index in [1.165, 1.54) is 19.3 Å². The monoisotopic (exact) mass is 226 g/mol. The van der Waals surface area contributed by atoms with Crippen molar-refractivity contribution in [3.63, 3.8) is 0 Å². The van der Waals surface area contributed by atoms with Crippen LogP contribution in [0.4, 0.5) is 0 Å². The van der Waals surface area contributed by atoms with Crippen LogP contribution in [0.3, 0.4) is 0 Å². The van der Waals surface area contributed by atoms with Crippen molar-refractivity contribution in [2.75, 3.05) is 0 Å². The highest BCUT2D eigenvalue weighted by Crippen LogP contribution is 2.54. The van der Waals surface area contributed by atoms with Crippen LogP contribution < -0.4 is 4.74 Å². The molecule has 0 amide bonds. The molecular formula is C16H18O. The van der Waals surface area contributed by atoms with Gasteiger partial charge in [-0.3, -0.25) is 0 Å². The third-order valence-corrected chi connectivity index (χ3v) is 4.95. The summed E-state index contributed by atoms with van der Waals surface area (Å²) in [4.78, 5) is 0. The van der Waals surface area contributed by atoms with E-state index in [4.69, 9.17) is 4.74 Å². The first-order valence-electron chi connectivity index (χ1n) is 6.82. The molecule has 88 valence electrons. The van der Waals surface area contributed by atoms with Crippen molar-refractivity contribution in [1.82, 2.24) is 0 Å². The summed E-state index contributed by atoms with van der Waals surface area (Å²) < 4.78 is 6.21. The van der Waals surface area contributed by atoms with Crippen molar-refractivity contribution >= 4 is 0 Å². The molecule has 2 bridgehead atoms. The molecule has 0 aliphatic heterocycles. The Hall–Kier alpha value is -1.24. The number of allylic oxidation sites excluding steroid dienone is 2. The van der Waals surface area contributed by atoms with Gasteiger partial charge in [0.25, 0.3) is 0 Å². The van der Waals surface area contributed by atoms with Crippen LogP contribution in [-0.4, -0.2) is 6.10 Å². The molecule has 0 N–H and O–H groups in total. The molecular weight excluding hydrogens is 208 g/mol. The van der Waals surface area contributed by atoms with E-state index in [0.717, 1.165) is 29.4 Å². The van der Waals surface area contributed by atoms with Crippen LogP contribution in [0.2, 0.25) is 0 Å². The molecule has 17 heavy (non-hydrogen) atoms. The average molecular weight is 226 g/mol. The molecule has 3 saturated carbocycles. The average Bonchev–Trinajstić information content (AvgIpc) is 2.31. The zero-order chi connectivity index (χ0) is 11.2. The minimum absolute atomic E-state index is 0.461. The molecule has 4 aliphatic carbocycles. The van der Waals surface area contributed by atoms with Crippen molar-refractivity contribution in [1.29, 1.82) is 0 Å². The van der Waals surface area contributed by atoms with Gasteiger partial charge >= 0.3 is 0 Å². The maximum Gasteiger partial charge on any atom is 0.119 e. The zero-order valence-corrected chi connectivity index (χ0v) is 9.96. The Bertz CT molecular complexity index is 436. The van der Waals surface area contributed by atoms with E-state index >= 15 is 0 Å². The van der Waals surface area contributed by atoms with Gasteiger partial charge in [0.05, 0.1) is 0 Å². The van der Waals surface area contributed by atoms with E-state index in [1.54, 1.807) is 0 Å². The summed E-state index contributed by atoms with van der Waals surface area (Å²) in [5.41, 5.74) is 0. The van der Waals surface area contributed by atoms with Crippen molar-refractivity contribution in [3.05, 3.63) is 42.5 Å². The molecule has 5 atom stereocenters. The second kappa shape index (κ2) is 3.63. The molecule has 3 fully saturated rings. The number of hydrogen-bond donors (Lipinski definition) is 0. The highest BCUT2D eigenvalue weighted by atomic mass is 16.5. The summed E-state index contributed by atoms with van der Waals surface area (Å²) in [5.74, 6) is 4.43. The fourth-order valence-electron chi connectivity index (χ4n) is 4.05. The third kappa shape index (κ3) is 1.45. The number of benzene rings is 1. The molecule has 1 heteroatoms. The molecule has 1 nitrogen and oxygen atoms in total. The fraction of sp³-hybridized carbons (Fsp3) is 0.500. The SMILES string of the molecule is C1=C[C@H]2[C@H]1[C@@H]1CC[C@H]2[C@H](Oc2ccccc2)C1. The summed E-state index contributed by atoms with van der Waals surface area (Å²) in [7, 11) is 0. The maximum atomic E-state index is 6.21. The van der Waals surface area contributed by atoms with Crippen molar-refractivity contribution in [3.8, 4) is 5.75 Å². The Morgan fingerprint density at radius 3 is 2.47 bits per heavy atom. The number of ether oxygens (including phenoxy) is 1. The number of rotatable bonds is 2. The van der Waals surface area contributed by atoms with Gasteiger partial charge in [0.15, 0.2) is 0 Å². The third-order valence-electron chi connectivity index (χ3n) is 4.95. The zero-order valence-electron chi connectivity index (χ0n) is 9.96. The van der Waals surface area contributed by atoms with Gasteiger partial charge in [0.1, 0.15) is 11.9 Å². The smallest absolute Gasteiger partial charge is 0.119 e. The van der Waals surface area contributed by atoms with Crippen molar-refractivity contribution in [2.45, 2.75) is 25.4 Å². The first-order valence-corrected chi connectivity index (χ1v) is 6.82. The van der Waals surface area contributed by atoms with Gasteiger partial charge < -0.3 is 4.74 Å². The number of fused-ring (bicyclic) bond motifs is 2. The predicted octanol–water partition coefficient (Wildman–Crippen LogP) is 3.67. The van der Waals surface area contributed by atoms with Gasteiger partial charge in [0.2, 0.25) is 0 Å².